The maximum absolute atomic E-state index is 4.77. The second kappa shape index (κ2) is 6.75. The van der Waals surface area contributed by atoms with Crippen LogP contribution in [0.5, 0.6) is 0 Å². The summed E-state index contributed by atoms with van der Waals surface area (Å²) >= 11 is 0. The molecule has 0 radical (unpaired) electrons. The number of fused-ring (bicyclic) bond motifs is 1. The topological polar surface area (TPSA) is 81.4 Å². The fraction of sp³-hybridized carbons (Fsp3) is 0.250. The minimum Gasteiger partial charge on any atom is -0.323 e. The molecule has 0 fully saturated rings. The molecule has 0 aliphatic carbocycles. The van der Waals surface area contributed by atoms with Gasteiger partial charge in [0.1, 0.15) is 5.82 Å². The van der Waals surface area contributed by atoms with Gasteiger partial charge in [0.05, 0.1) is 23.4 Å². The van der Waals surface area contributed by atoms with E-state index in [-0.39, 0.29) is 0 Å². The van der Waals surface area contributed by atoms with Crippen molar-refractivity contribution in [1.29, 1.82) is 0 Å². The van der Waals surface area contributed by atoms with Crippen LogP contribution in [0.4, 0.5) is 11.6 Å². The lowest BCUT2D eigenvalue weighted by Gasteiger charge is -2.10. The van der Waals surface area contributed by atoms with E-state index in [9.17, 15) is 0 Å². The van der Waals surface area contributed by atoms with Crippen LogP contribution in [0.25, 0.3) is 22.2 Å². The second-order valence-corrected chi connectivity index (χ2v) is 6.92. The Morgan fingerprint density at radius 2 is 1.93 bits per heavy atom. The number of anilines is 2. The van der Waals surface area contributed by atoms with Gasteiger partial charge in [0, 0.05) is 30.6 Å². The van der Waals surface area contributed by atoms with Gasteiger partial charge in [-0.2, -0.15) is 10.2 Å². The minimum absolute atomic E-state index is 0.388. The molecule has 0 aliphatic rings. The van der Waals surface area contributed by atoms with Crippen LogP contribution in [-0.4, -0.2) is 29.9 Å². The zero-order valence-electron chi connectivity index (χ0n) is 15.8. The van der Waals surface area contributed by atoms with Gasteiger partial charge in [0.25, 0.3) is 0 Å². The van der Waals surface area contributed by atoms with E-state index >= 15 is 0 Å². The van der Waals surface area contributed by atoms with Crippen molar-refractivity contribution in [2.75, 3.05) is 5.32 Å². The Morgan fingerprint density at radius 1 is 1.07 bits per heavy atom. The molecule has 0 bridgehead atoms. The van der Waals surface area contributed by atoms with Gasteiger partial charge in [-0.25, -0.2) is 4.98 Å². The SMILES string of the molecule is Cc1c(-c2cnn(C)c2)cnc2ccc(Nc3cc(C(C)C)cnn3)nc12. The summed E-state index contributed by atoms with van der Waals surface area (Å²) in [7, 11) is 1.90. The molecule has 0 spiro atoms. The van der Waals surface area contributed by atoms with Crippen molar-refractivity contribution in [1.82, 2.24) is 29.9 Å². The van der Waals surface area contributed by atoms with E-state index in [1.807, 2.05) is 43.8 Å². The second-order valence-electron chi connectivity index (χ2n) is 6.92. The molecule has 0 saturated heterocycles. The molecule has 7 nitrogen and oxygen atoms in total. The van der Waals surface area contributed by atoms with Crippen molar-refractivity contribution in [3.63, 3.8) is 0 Å². The van der Waals surface area contributed by atoms with E-state index in [1.165, 1.54) is 0 Å². The number of rotatable bonds is 4. The van der Waals surface area contributed by atoms with Gasteiger partial charge in [-0.1, -0.05) is 13.8 Å². The van der Waals surface area contributed by atoms with Crippen LogP contribution < -0.4 is 5.32 Å². The lowest BCUT2D eigenvalue weighted by molar-refractivity contribution is 0.768. The molecule has 136 valence electrons. The first kappa shape index (κ1) is 17.1. The molecule has 0 atom stereocenters. The molecular formula is C20H21N7. The summed E-state index contributed by atoms with van der Waals surface area (Å²) in [5.41, 5.74) is 5.97. The van der Waals surface area contributed by atoms with Crippen LogP contribution in [0.15, 0.2) is 43.0 Å². The molecule has 0 amide bonds. The van der Waals surface area contributed by atoms with Gasteiger partial charge in [-0.3, -0.25) is 9.67 Å². The Kier molecular flexibility index (Phi) is 4.27. The summed E-state index contributed by atoms with van der Waals surface area (Å²) < 4.78 is 1.78. The minimum atomic E-state index is 0.388. The molecule has 0 aliphatic heterocycles. The largest absolute Gasteiger partial charge is 0.323 e. The lowest BCUT2D eigenvalue weighted by atomic mass is 10.0. The van der Waals surface area contributed by atoms with Gasteiger partial charge in [-0.05, 0) is 42.2 Å². The van der Waals surface area contributed by atoms with E-state index in [2.05, 4.69) is 46.4 Å². The van der Waals surface area contributed by atoms with E-state index in [1.54, 1.807) is 10.9 Å². The zero-order valence-corrected chi connectivity index (χ0v) is 15.8. The Bertz CT molecular complexity index is 1110. The summed E-state index contributed by atoms with van der Waals surface area (Å²) in [5, 5.41) is 15.7. The number of aryl methyl sites for hydroxylation is 2. The van der Waals surface area contributed by atoms with Gasteiger partial charge < -0.3 is 5.32 Å². The van der Waals surface area contributed by atoms with Crippen LogP contribution in [0, 0.1) is 6.92 Å². The van der Waals surface area contributed by atoms with Crippen molar-refractivity contribution in [2.45, 2.75) is 26.7 Å². The van der Waals surface area contributed by atoms with E-state index in [0.717, 1.165) is 33.3 Å². The maximum Gasteiger partial charge on any atom is 0.154 e. The first-order valence-corrected chi connectivity index (χ1v) is 8.86. The summed E-state index contributed by atoms with van der Waals surface area (Å²) in [6, 6.07) is 5.87. The third kappa shape index (κ3) is 3.36. The zero-order chi connectivity index (χ0) is 19.0. The van der Waals surface area contributed by atoms with E-state index in [0.29, 0.717) is 17.6 Å². The van der Waals surface area contributed by atoms with Gasteiger partial charge in [0.15, 0.2) is 5.82 Å². The average Bonchev–Trinajstić information content (AvgIpc) is 3.09. The van der Waals surface area contributed by atoms with E-state index in [4.69, 9.17) is 4.98 Å². The molecule has 4 aromatic heterocycles. The maximum atomic E-state index is 4.77. The third-order valence-corrected chi connectivity index (χ3v) is 4.58. The van der Waals surface area contributed by atoms with Crippen LogP contribution in [-0.2, 0) is 7.05 Å². The fourth-order valence-corrected chi connectivity index (χ4v) is 3.00. The molecule has 4 heterocycles. The average molecular weight is 359 g/mol. The highest BCUT2D eigenvalue weighted by Gasteiger charge is 2.11. The highest BCUT2D eigenvalue weighted by molar-refractivity contribution is 5.86. The summed E-state index contributed by atoms with van der Waals surface area (Å²) in [6.45, 7) is 6.32. The summed E-state index contributed by atoms with van der Waals surface area (Å²) in [4.78, 5) is 9.33. The quantitative estimate of drug-likeness (QED) is 0.593. The van der Waals surface area contributed by atoms with Gasteiger partial charge in [-0.15, -0.1) is 5.10 Å². The first-order valence-electron chi connectivity index (χ1n) is 8.86. The van der Waals surface area contributed by atoms with Crippen LogP contribution in [0.3, 0.4) is 0 Å². The predicted octanol–water partition coefficient (Wildman–Crippen LogP) is 4.00. The highest BCUT2D eigenvalue weighted by Crippen LogP contribution is 2.28. The number of hydrogen-bond acceptors (Lipinski definition) is 6. The Hall–Kier alpha value is -3.35. The van der Waals surface area contributed by atoms with Crippen LogP contribution in [0.1, 0.15) is 30.9 Å². The van der Waals surface area contributed by atoms with Crippen molar-refractivity contribution in [3.05, 3.63) is 54.1 Å². The van der Waals surface area contributed by atoms with Crippen molar-refractivity contribution in [2.24, 2.45) is 7.05 Å². The third-order valence-electron chi connectivity index (χ3n) is 4.58. The normalized spacial score (nSPS) is 11.3. The molecule has 4 rings (SSSR count). The molecular weight excluding hydrogens is 338 g/mol. The lowest BCUT2D eigenvalue weighted by Crippen LogP contribution is -2.01. The molecule has 27 heavy (non-hydrogen) atoms. The molecule has 1 N–H and O–H groups in total. The Labute approximate surface area is 157 Å². The van der Waals surface area contributed by atoms with E-state index < -0.39 is 0 Å². The van der Waals surface area contributed by atoms with Crippen LogP contribution in [0.2, 0.25) is 0 Å². The Morgan fingerprint density at radius 3 is 2.67 bits per heavy atom. The fourth-order valence-electron chi connectivity index (χ4n) is 3.00. The summed E-state index contributed by atoms with van der Waals surface area (Å²) in [5.74, 6) is 1.78. The monoisotopic (exact) mass is 359 g/mol. The molecule has 0 unspecified atom stereocenters. The first-order chi connectivity index (χ1) is 13.0. The summed E-state index contributed by atoms with van der Waals surface area (Å²) in [6.07, 6.45) is 7.48. The highest BCUT2D eigenvalue weighted by atomic mass is 15.2. The predicted molar refractivity (Wildman–Crippen MR) is 106 cm³/mol. The van der Waals surface area contributed by atoms with Crippen molar-refractivity contribution < 1.29 is 0 Å². The van der Waals surface area contributed by atoms with Crippen molar-refractivity contribution in [3.8, 4) is 11.1 Å². The number of nitrogens with zero attached hydrogens (tertiary/aromatic N) is 6. The van der Waals surface area contributed by atoms with Crippen molar-refractivity contribution >= 4 is 22.7 Å². The number of nitrogens with one attached hydrogen (secondary N) is 1. The van der Waals surface area contributed by atoms with Gasteiger partial charge in [0.2, 0.25) is 0 Å². The van der Waals surface area contributed by atoms with Crippen LogP contribution >= 0.6 is 0 Å². The molecule has 4 aromatic rings. The molecule has 0 aromatic carbocycles. The Balaban J connectivity index is 1.73. The standard InChI is InChI=1S/C20H21N7/c1-12(2)14-7-19(26-22-8-14)24-18-6-5-17-20(25-18)13(3)16(10-21-17)15-9-23-27(4)11-15/h5-12H,1-4H3,(H,24,25,26). The number of pyridine rings is 2. The molecule has 7 heteroatoms. The number of aromatic nitrogens is 6. The smallest absolute Gasteiger partial charge is 0.154 e. The molecule has 0 saturated carbocycles. The van der Waals surface area contributed by atoms with Gasteiger partial charge >= 0.3 is 0 Å². The number of hydrogen-bond donors (Lipinski definition) is 1.